The minimum absolute atomic E-state index is 0.0681. The van der Waals surface area contributed by atoms with E-state index in [0.29, 0.717) is 11.6 Å². The molecule has 0 aliphatic carbocycles. The van der Waals surface area contributed by atoms with Crippen LogP contribution in [0.15, 0.2) is 66.7 Å². The van der Waals surface area contributed by atoms with Gasteiger partial charge in [0, 0.05) is 11.1 Å². The van der Waals surface area contributed by atoms with Crippen LogP contribution in [0.3, 0.4) is 0 Å². The summed E-state index contributed by atoms with van der Waals surface area (Å²) in [5, 5.41) is 0. The van der Waals surface area contributed by atoms with Gasteiger partial charge in [0.2, 0.25) is 0 Å². The first-order valence-electron chi connectivity index (χ1n) is 11.3. The maximum atomic E-state index is 14.1. The Bertz CT molecular complexity index is 1200. The lowest BCUT2D eigenvalue weighted by atomic mass is 10.0. The van der Waals surface area contributed by atoms with Crippen LogP contribution in [-0.2, 0) is 6.42 Å². The molecule has 0 aliphatic rings. The topological polar surface area (TPSA) is 9.23 Å². The smallest absolute Gasteiger partial charge is 0.427 e. The maximum absolute atomic E-state index is 14.1. The van der Waals surface area contributed by atoms with Gasteiger partial charge < -0.3 is 4.74 Å². The van der Waals surface area contributed by atoms with Gasteiger partial charge in [-0.25, -0.2) is 8.78 Å². The van der Waals surface area contributed by atoms with Crippen LogP contribution in [0.4, 0.5) is 30.7 Å². The molecule has 0 saturated heterocycles. The number of hydrogen-bond acceptors (Lipinski definition) is 1. The Morgan fingerprint density at radius 3 is 1.89 bits per heavy atom. The molecule has 0 amide bonds. The number of benzene rings is 3. The average Bonchev–Trinajstić information content (AvgIpc) is 2.84. The van der Waals surface area contributed by atoms with Crippen molar-refractivity contribution in [3.63, 3.8) is 0 Å². The van der Waals surface area contributed by atoms with Crippen molar-refractivity contribution < 1.29 is 35.5 Å². The zero-order valence-electron chi connectivity index (χ0n) is 19.3. The van der Waals surface area contributed by atoms with Gasteiger partial charge in [-0.15, -0.1) is 0 Å². The van der Waals surface area contributed by atoms with E-state index in [4.69, 9.17) is 0 Å². The summed E-state index contributed by atoms with van der Waals surface area (Å²) in [6, 6.07) is 18.1. The fourth-order valence-electron chi connectivity index (χ4n) is 3.38. The zero-order valence-corrected chi connectivity index (χ0v) is 19.3. The summed E-state index contributed by atoms with van der Waals surface area (Å²) in [6.07, 6.45) is -11.2. The molecule has 0 aliphatic heterocycles. The van der Waals surface area contributed by atoms with Crippen LogP contribution in [-0.4, -0.2) is 18.5 Å². The predicted octanol–water partition coefficient (Wildman–Crippen LogP) is 8.50. The molecule has 3 aromatic carbocycles. The van der Waals surface area contributed by atoms with Crippen LogP contribution in [0.1, 0.15) is 42.9 Å². The maximum Gasteiger partial charge on any atom is 0.439 e. The Kier molecular flexibility index (Phi) is 8.67. The Balaban J connectivity index is 1.66. The highest BCUT2D eigenvalue weighted by Crippen LogP contribution is 2.37. The molecule has 3 aromatic rings. The van der Waals surface area contributed by atoms with E-state index in [9.17, 15) is 30.7 Å². The third-order valence-electron chi connectivity index (χ3n) is 5.35. The molecule has 0 aromatic heterocycles. The predicted molar refractivity (Wildman–Crippen MR) is 124 cm³/mol. The second kappa shape index (κ2) is 11.5. The largest absolute Gasteiger partial charge is 0.439 e. The molecular weight excluding hydrogens is 485 g/mol. The number of alkyl halides is 6. The van der Waals surface area contributed by atoms with Crippen molar-refractivity contribution in [2.75, 3.05) is 0 Å². The van der Waals surface area contributed by atoms with Crippen molar-refractivity contribution >= 4 is 0 Å². The summed E-state index contributed by atoms with van der Waals surface area (Å²) >= 11 is 0. The molecule has 1 nitrogen and oxygen atoms in total. The normalized spacial score (nSPS) is 12.6. The summed E-state index contributed by atoms with van der Waals surface area (Å²) < 4.78 is 94.1. The first-order chi connectivity index (χ1) is 17.0. The van der Waals surface area contributed by atoms with Gasteiger partial charge in [-0.3, -0.25) is 0 Å². The van der Waals surface area contributed by atoms with Gasteiger partial charge in [0.15, 0.2) is 11.6 Å². The van der Waals surface area contributed by atoms with Gasteiger partial charge in [-0.2, -0.15) is 22.0 Å². The minimum atomic E-state index is -5.86. The first-order valence-corrected chi connectivity index (χ1v) is 11.3. The van der Waals surface area contributed by atoms with Crippen LogP contribution >= 0.6 is 0 Å². The standard InChI is InChI=1S/C28H23F7O/c1-2-3-4-5-19-8-13-22(14-9-19)23-15-10-20(11-16-23)6-7-21-12-17-25(24(29)18-21)36-28(34,35)26(30)27(31,32)33/h8-18,26H,2-5H2,1H3. The molecule has 0 N–H and O–H groups in total. The molecule has 0 heterocycles. The monoisotopic (exact) mass is 508 g/mol. The van der Waals surface area contributed by atoms with E-state index in [0.717, 1.165) is 36.1 Å². The fourth-order valence-corrected chi connectivity index (χ4v) is 3.38. The van der Waals surface area contributed by atoms with Gasteiger partial charge in [0.05, 0.1) is 0 Å². The Labute approximate surface area is 204 Å². The average molecular weight is 508 g/mol. The van der Waals surface area contributed by atoms with Gasteiger partial charge in [-0.05, 0) is 59.9 Å². The molecule has 0 fully saturated rings. The van der Waals surface area contributed by atoms with Gasteiger partial charge in [-0.1, -0.05) is 68.0 Å². The number of halogens is 7. The lowest BCUT2D eigenvalue weighted by molar-refractivity contribution is -0.305. The number of ether oxygens (including phenoxy) is 1. The number of hydrogen-bond donors (Lipinski definition) is 0. The van der Waals surface area contributed by atoms with E-state index < -0.39 is 30.0 Å². The highest BCUT2D eigenvalue weighted by atomic mass is 19.4. The molecule has 0 radical (unpaired) electrons. The lowest BCUT2D eigenvalue weighted by Crippen LogP contribution is -2.45. The van der Waals surface area contributed by atoms with E-state index in [1.54, 1.807) is 12.1 Å². The third kappa shape index (κ3) is 7.27. The summed E-state index contributed by atoms with van der Waals surface area (Å²) in [4.78, 5) is 0. The van der Waals surface area contributed by atoms with Crippen LogP contribution < -0.4 is 4.74 Å². The summed E-state index contributed by atoms with van der Waals surface area (Å²) in [6.45, 7) is 2.17. The summed E-state index contributed by atoms with van der Waals surface area (Å²) in [5.41, 5.74) is 3.99. The molecule has 1 unspecified atom stereocenters. The molecule has 1 atom stereocenters. The van der Waals surface area contributed by atoms with Crippen LogP contribution in [0, 0.1) is 17.7 Å². The van der Waals surface area contributed by atoms with E-state index in [1.807, 2.05) is 12.1 Å². The first kappa shape index (κ1) is 27.1. The van der Waals surface area contributed by atoms with Crippen molar-refractivity contribution in [1.29, 1.82) is 0 Å². The molecule has 8 heteroatoms. The van der Waals surface area contributed by atoms with Crippen molar-refractivity contribution in [3.05, 3.63) is 89.2 Å². The van der Waals surface area contributed by atoms with Gasteiger partial charge >= 0.3 is 12.3 Å². The van der Waals surface area contributed by atoms with Gasteiger partial charge in [0.25, 0.3) is 6.17 Å². The third-order valence-corrected chi connectivity index (χ3v) is 5.35. The number of unbranched alkanes of at least 4 members (excludes halogenated alkanes) is 2. The van der Waals surface area contributed by atoms with Gasteiger partial charge in [0.1, 0.15) is 0 Å². The van der Waals surface area contributed by atoms with Crippen LogP contribution in [0.5, 0.6) is 5.75 Å². The SMILES string of the molecule is CCCCCc1ccc(-c2ccc(C#Cc3ccc(OC(F)(F)C(F)C(F)(F)F)c(F)c3)cc2)cc1. The Hall–Kier alpha value is -3.47. The fraction of sp³-hybridized carbons (Fsp3) is 0.286. The molecule has 36 heavy (non-hydrogen) atoms. The summed E-state index contributed by atoms with van der Waals surface area (Å²) in [5.74, 6) is 2.82. The van der Waals surface area contributed by atoms with Crippen molar-refractivity contribution in [3.8, 4) is 28.7 Å². The van der Waals surface area contributed by atoms with E-state index in [2.05, 4.69) is 47.8 Å². The highest BCUT2D eigenvalue weighted by molar-refractivity contribution is 5.64. The van der Waals surface area contributed by atoms with Crippen LogP contribution in [0.2, 0.25) is 0 Å². The molecule has 0 bridgehead atoms. The highest BCUT2D eigenvalue weighted by Gasteiger charge is 2.59. The molecule has 0 spiro atoms. The van der Waals surface area contributed by atoms with E-state index in [-0.39, 0.29) is 5.56 Å². The number of aryl methyl sites for hydroxylation is 1. The lowest BCUT2D eigenvalue weighted by Gasteiger charge is -2.23. The van der Waals surface area contributed by atoms with Crippen molar-refractivity contribution in [1.82, 2.24) is 0 Å². The molecule has 190 valence electrons. The zero-order chi connectivity index (χ0) is 26.3. The van der Waals surface area contributed by atoms with Crippen molar-refractivity contribution in [2.45, 2.75) is 51.1 Å². The molecule has 3 rings (SSSR count). The Morgan fingerprint density at radius 1 is 0.778 bits per heavy atom. The minimum Gasteiger partial charge on any atom is -0.427 e. The molecular formula is C28H23F7O. The second-order valence-electron chi connectivity index (χ2n) is 8.19. The quantitative estimate of drug-likeness (QED) is 0.168. The van der Waals surface area contributed by atoms with E-state index in [1.165, 1.54) is 18.4 Å². The Morgan fingerprint density at radius 2 is 1.33 bits per heavy atom. The van der Waals surface area contributed by atoms with E-state index >= 15 is 0 Å². The molecule has 0 saturated carbocycles. The van der Waals surface area contributed by atoms with Crippen molar-refractivity contribution in [2.24, 2.45) is 0 Å². The van der Waals surface area contributed by atoms with Crippen LogP contribution in [0.25, 0.3) is 11.1 Å². The summed E-state index contributed by atoms with van der Waals surface area (Å²) in [7, 11) is 0. The second-order valence-corrected chi connectivity index (χ2v) is 8.19. The number of rotatable bonds is 8.